The van der Waals surface area contributed by atoms with Crippen LogP contribution < -0.4 is 0 Å². The van der Waals surface area contributed by atoms with Crippen molar-refractivity contribution in [2.75, 3.05) is 0 Å². The number of ketones is 1. The Morgan fingerprint density at radius 2 is 2.04 bits per heavy atom. The van der Waals surface area contributed by atoms with Crippen LogP contribution in [0.5, 0.6) is 0 Å². The number of nitrogens with zero attached hydrogens (tertiary/aromatic N) is 4. The molecule has 1 aliphatic carbocycles. The average molecular weight is 411 g/mol. The van der Waals surface area contributed by atoms with Crippen LogP contribution in [0.25, 0.3) is 5.78 Å². The van der Waals surface area contributed by atoms with Crippen molar-refractivity contribution in [2.24, 2.45) is 0 Å². The third-order valence-electron chi connectivity index (χ3n) is 4.79. The number of aromatic nitrogens is 4. The lowest BCUT2D eigenvalue weighted by Crippen LogP contribution is -2.21. The molecule has 0 radical (unpaired) electrons. The van der Waals surface area contributed by atoms with Crippen molar-refractivity contribution < 1.29 is 9.21 Å². The maximum Gasteiger partial charge on any atom is 0.253 e. The van der Waals surface area contributed by atoms with Gasteiger partial charge in [0.25, 0.3) is 5.78 Å². The zero-order valence-electron chi connectivity index (χ0n) is 14.7. The highest BCUT2D eigenvalue weighted by atomic mass is 35.5. The quantitative estimate of drug-likeness (QED) is 0.458. The van der Waals surface area contributed by atoms with E-state index in [2.05, 4.69) is 15.1 Å². The van der Waals surface area contributed by atoms with E-state index in [9.17, 15) is 4.79 Å². The van der Waals surface area contributed by atoms with E-state index in [1.807, 2.05) is 36.4 Å². The molecule has 8 heteroatoms. The van der Waals surface area contributed by atoms with E-state index in [0.717, 1.165) is 22.8 Å². The summed E-state index contributed by atoms with van der Waals surface area (Å²) >= 11 is 7.44. The van der Waals surface area contributed by atoms with Gasteiger partial charge in [0.15, 0.2) is 5.78 Å². The SMILES string of the molecule is O=C1CC(c2ccco2)Cc2nc3nc(SCc4ccc(Cl)cc4)nn3cc21. The second-order valence-electron chi connectivity index (χ2n) is 6.70. The number of Topliss-reactive ketones (excluding diaryl/α,β-unsaturated/α-hetero) is 1. The first kappa shape index (κ1) is 17.5. The van der Waals surface area contributed by atoms with E-state index >= 15 is 0 Å². The summed E-state index contributed by atoms with van der Waals surface area (Å²) in [6.07, 6.45) is 4.46. The minimum atomic E-state index is 0.0200. The molecule has 1 aromatic carbocycles. The van der Waals surface area contributed by atoms with Crippen molar-refractivity contribution in [1.29, 1.82) is 0 Å². The number of furan rings is 1. The number of rotatable bonds is 4. The van der Waals surface area contributed by atoms with Crippen molar-refractivity contribution in [1.82, 2.24) is 19.6 Å². The van der Waals surface area contributed by atoms with E-state index in [-0.39, 0.29) is 11.7 Å². The number of hydrogen-bond donors (Lipinski definition) is 0. The molecule has 3 aromatic heterocycles. The van der Waals surface area contributed by atoms with Gasteiger partial charge in [0.05, 0.1) is 17.5 Å². The van der Waals surface area contributed by atoms with E-state index in [1.165, 1.54) is 11.8 Å². The molecular weight excluding hydrogens is 396 g/mol. The van der Waals surface area contributed by atoms with Crippen LogP contribution in [0, 0.1) is 0 Å². The van der Waals surface area contributed by atoms with Gasteiger partial charge in [-0.15, -0.1) is 5.10 Å². The van der Waals surface area contributed by atoms with Gasteiger partial charge in [0.2, 0.25) is 5.16 Å². The lowest BCUT2D eigenvalue weighted by Gasteiger charge is -2.20. The Labute approximate surface area is 169 Å². The van der Waals surface area contributed by atoms with Gasteiger partial charge < -0.3 is 4.42 Å². The van der Waals surface area contributed by atoms with Gasteiger partial charge in [-0.2, -0.15) is 4.98 Å². The second kappa shape index (κ2) is 7.07. The molecule has 3 heterocycles. The van der Waals surface area contributed by atoms with Crippen LogP contribution in [0.15, 0.2) is 58.4 Å². The summed E-state index contributed by atoms with van der Waals surface area (Å²) in [7, 11) is 0. The number of benzene rings is 1. The summed E-state index contributed by atoms with van der Waals surface area (Å²) in [6, 6.07) is 11.4. The average Bonchev–Trinajstić information content (AvgIpc) is 3.35. The van der Waals surface area contributed by atoms with Crippen molar-refractivity contribution >= 4 is 34.9 Å². The van der Waals surface area contributed by atoms with Gasteiger partial charge in [-0.25, -0.2) is 9.50 Å². The number of thioether (sulfide) groups is 1. The highest BCUT2D eigenvalue weighted by Crippen LogP contribution is 2.32. The molecule has 0 aliphatic heterocycles. The molecular formula is C20H15ClN4O2S. The number of hydrogen-bond acceptors (Lipinski definition) is 6. The van der Waals surface area contributed by atoms with Gasteiger partial charge >= 0.3 is 0 Å². The van der Waals surface area contributed by atoms with Crippen LogP contribution in [0.4, 0.5) is 0 Å². The molecule has 0 amide bonds. The Hall–Kier alpha value is -2.64. The topological polar surface area (TPSA) is 73.3 Å². The zero-order valence-corrected chi connectivity index (χ0v) is 16.3. The molecule has 1 unspecified atom stereocenters. The molecule has 0 saturated carbocycles. The summed E-state index contributed by atoms with van der Waals surface area (Å²) in [6.45, 7) is 0. The monoisotopic (exact) mass is 410 g/mol. The fourth-order valence-electron chi connectivity index (χ4n) is 3.38. The van der Waals surface area contributed by atoms with Crippen LogP contribution in [0.2, 0.25) is 5.02 Å². The molecule has 1 atom stereocenters. The maximum absolute atomic E-state index is 12.6. The Morgan fingerprint density at radius 1 is 1.18 bits per heavy atom. The number of halogens is 1. The Balaban J connectivity index is 1.40. The minimum Gasteiger partial charge on any atom is -0.469 e. The van der Waals surface area contributed by atoms with Crippen LogP contribution in [-0.4, -0.2) is 25.4 Å². The summed E-state index contributed by atoms with van der Waals surface area (Å²) in [5.74, 6) is 2.13. The Morgan fingerprint density at radius 3 is 2.82 bits per heavy atom. The van der Waals surface area contributed by atoms with Crippen molar-refractivity contribution in [2.45, 2.75) is 29.7 Å². The predicted molar refractivity (Wildman–Crippen MR) is 106 cm³/mol. The molecule has 6 nitrogen and oxygen atoms in total. The molecule has 0 N–H and O–H groups in total. The van der Waals surface area contributed by atoms with E-state index in [1.54, 1.807) is 17.0 Å². The standard InChI is InChI=1S/C20H15ClN4O2S/c21-14-5-3-12(4-6-14)11-28-20-23-19-22-16-8-13(18-2-1-7-27-18)9-17(26)15(16)10-25(19)24-20/h1-7,10,13H,8-9,11H2. The van der Waals surface area contributed by atoms with Crippen LogP contribution >= 0.6 is 23.4 Å². The highest BCUT2D eigenvalue weighted by Gasteiger charge is 2.30. The number of carbonyl (C=O) groups excluding carboxylic acids is 1. The Kier molecular flexibility index (Phi) is 4.41. The first-order valence-electron chi connectivity index (χ1n) is 8.86. The third kappa shape index (κ3) is 3.31. The molecule has 140 valence electrons. The zero-order chi connectivity index (χ0) is 19.1. The van der Waals surface area contributed by atoms with Gasteiger partial charge in [-0.05, 0) is 29.8 Å². The highest BCUT2D eigenvalue weighted by molar-refractivity contribution is 7.98. The first-order chi connectivity index (χ1) is 13.7. The maximum atomic E-state index is 12.6. The largest absolute Gasteiger partial charge is 0.469 e. The summed E-state index contributed by atoms with van der Waals surface area (Å²) < 4.78 is 7.08. The fraction of sp³-hybridized carbons (Fsp3) is 0.200. The molecule has 0 bridgehead atoms. The van der Waals surface area contributed by atoms with E-state index in [0.29, 0.717) is 34.4 Å². The number of fused-ring (bicyclic) bond motifs is 2. The van der Waals surface area contributed by atoms with Gasteiger partial charge in [-0.1, -0.05) is 35.5 Å². The molecule has 0 spiro atoms. The molecule has 28 heavy (non-hydrogen) atoms. The molecule has 1 aliphatic rings. The molecule has 0 fully saturated rings. The fourth-order valence-corrected chi connectivity index (χ4v) is 4.28. The van der Waals surface area contributed by atoms with Crippen LogP contribution in [0.3, 0.4) is 0 Å². The van der Waals surface area contributed by atoms with E-state index < -0.39 is 0 Å². The van der Waals surface area contributed by atoms with Gasteiger partial charge in [0, 0.05) is 35.7 Å². The lowest BCUT2D eigenvalue weighted by molar-refractivity contribution is 0.0958. The van der Waals surface area contributed by atoms with E-state index in [4.69, 9.17) is 16.0 Å². The number of carbonyl (C=O) groups is 1. The van der Waals surface area contributed by atoms with Gasteiger partial charge in [0.1, 0.15) is 5.76 Å². The Bertz CT molecular complexity index is 1160. The summed E-state index contributed by atoms with van der Waals surface area (Å²) in [5, 5.41) is 5.81. The predicted octanol–water partition coefficient (Wildman–Crippen LogP) is 4.58. The van der Waals surface area contributed by atoms with Crippen LogP contribution in [0.1, 0.15) is 39.7 Å². The van der Waals surface area contributed by atoms with Crippen molar-refractivity contribution in [3.05, 3.63) is 76.5 Å². The molecule has 0 saturated heterocycles. The van der Waals surface area contributed by atoms with Crippen molar-refractivity contribution in [3.63, 3.8) is 0 Å². The summed E-state index contributed by atoms with van der Waals surface area (Å²) in [5.41, 5.74) is 2.51. The van der Waals surface area contributed by atoms with Gasteiger partial charge in [-0.3, -0.25) is 4.79 Å². The minimum absolute atomic E-state index is 0.0200. The summed E-state index contributed by atoms with van der Waals surface area (Å²) in [4.78, 5) is 21.7. The molecule has 5 rings (SSSR count). The lowest BCUT2D eigenvalue weighted by atomic mass is 9.85. The third-order valence-corrected chi connectivity index (χ3v) is 5.95. The van der Waals surface area contributed by atoms with Crippen LogP contribution in [-0.2, 0) is 12.2 Å². The normalized spacial score (nSPS) is 16.5. The van der Waals surface area contributed by atoms with Crippen molar-refractivity contribution in [3.8, 4) is 0 Å². The first-order valence-corrected chi connectivity index (χ1v) is 10.2. The smallest absolute Gasteiger partial charge is 0.253 e. The second-order valence-corrected chi connectivity index (χ2v) is 8.08. The molecule has 4 aromatic rings.